The van der Waals surface area contributed by atoms with E-state index in [0.717, 1.165) is 10.6 Å². The Bertz CT molecular complexity index is 1080. The summed E-state index contributed by atoms with van der Waals surface area (Å²) >= 11 is 1.47. The van der Waals surface area contributed by atoms with Gasteiger partial charge < -0.3 is 20.1 Å². The van der Waals surface area contributed by atoms with Gasteiger partial charge in [0.1, 0.15) is 28.5 Å². The number of anilines is 3. The van der Waals surface area contributed by atoms with Crippen LogP contribution in [0.4, 0.5) is 21.6 Å². The van der Waals surface area contributed by atoms with E-state index in [0.29, 0.717) is 28.6 Å². The highest BCUT2D eigenvalue weighted by molar-refractivity contribution is 7.99. The molecule has 0 bridgehead atoms. The molecule has 1 atom stereocenters. The molecule has 0 aliphatic carbocycles. The number of hydrogen-bond acceptors (Lipinski definition) is 7. The molecule has 1 unspecified atom stereocenters. The van der Waals surface area contributed by atoms with E-state index in [9.17, 15) is 9.18 Å². The van der Waals surface area contributed by atoms with E-state index >= 15 is 0 Å². The normalized spacial score (nSPS) is 11.7. The lowest BCUT2D eigenvalue weighted by atomic mass is 10.0. The van der Waals surface area contributed by atoms with Gasteiger partial charge in [-0.3, -0.25) is 0 Å². The summed E-state index contributed by atoms with van der Waals surface area (Å²) in [5.74, 6) is 0.888. The summed E-state index contributed by atoms with van der Waals surface area (Å²) in [6, 6.07) is 17.0. The highest BCUT2D eigenvalue weighted by atomic mass is 32.2. The van der Waals surface area contributed by atoms with Gasteiger partial charge in [-0.15, -0.1) is 0 Å². The summed E-state index contributed by atoms with van der Waals surface area (Å²) < 4.78 is 23.9. The van der Waals surface area contributed by atoms with Gasteiger partial charge in [0.15, 0.2) is 0 Å². The van der Waals surface area contributed by atoms with Crippen molar-refractivity contribution < 1.29 is 18.7 Å². The zero-order valence-electron chi connectivity index (χ0n) is 19.1. The molecule has 3 aromatic rings. The van der Waals surface area contributed by atoms with Crippen molar-refractivity contribution >= 4 is 34.9 Å². The molecule has 0 radical (unpaired) electrons. The number of nitrogens with one attached hydrogen (secondary N) is 2. The van der Waals surface area contributed by atoms with E-state index in [4.69, 9.17) is 14.5 Å². The molecule has 2 aromatic carbocycles. The predicted octanol–water partition coefficient (Wildman–Crippen LogP) is 6.12. The van der Waals surface area contributed by atoms with Crippen molar-refractivity contribution in [2.75, 3.05) is 24.9 Å². The monoisotopic (exact) mass is 469 g/mol. The first kappa shape index (κ1) is 24.4. The number of hydrogen-bond donors (Lipinski definition) is 2. The Morgan fingerprint density at radius 2 is 1.82 bits per heavy atom. The van der Waals surface area contributed by atoms with Crippen molar-refractivity contribution in [2.45, 2.75) is 36.2 Å². The minimum absolute atomic E-state index is 0.281. The number of rotatable bonds is 10. The number of aromatic nitrogens is 1. The van der Waals surface area contributed by atoms with Gasteiger partial charge in [-0.1, -0.05) is 31.7 Å². The molecule has 6 nitrogen and oxygen atoms in total. The lowest BCUT2D eigenvalue weighted by Crippen LogP contribution is -2.32. The van der Waals surface area contributed by atoms with Crippen LogP contribution in [0.25, 0.3) is 0 Å². The molecule has 1 heterocycles. The number of pyridine rings is 1. The van der Waals surface area contributed by atoms with Crippen LogP contribution >= 0.6 is 11.8 Å². The summed E-state index contributed by atoms with van der Waals surface area (Å²) in [5.41, 5.74) is 1.32. The molecule has 0 fully saturated rings. The maximum atomic E-state index is 13.7. The Morgan fingerprint density at radius 1 is 1.06 bits per heavy atom. The third-order valence-corrected chi connectivity index (χ3v) is 5.64. The van der Waals surface area contributed by atoms with Crippen molar-refractivity contribution in [2.24, 2.45) is 5.92 Å². The predicted molar refractivity (Wildman–Crippen MR) is 130 cm³/mol. The summed E-state index contributed by atoms with van der Waals surface area (Å²) in [5, 5.41) is 7.13. The van der Waals surface area contributed by atoms with Gasteiger partial charge in [-0.05, 0) is 60.9 Å². The maximum absolute atomic E-state index is 13.7. The number of nitrogens with zero attached hydrogens (tertiary/aromatic N) is 1. The summed E-state index contributed by atoms with van der Waals surface area (Å²) in [6.45, 7) is 4.08. The average Bonchev–Trinajstić information content (AvgIpc) is 2.78. The Balaban J connectivity index is 1.92. The van der Waals surface area contributed by atoms with E-state index < -0.39 is 6.04 Å². The molecule has 33 heavy (non-hydrogen) atoms. The second kappa shape index (κ2) is 11.6. The molecule has 8 heteroatoms. The molecule has 0 saturated carbocycles. The molecule has 3 rings (SSSR count). The number of carbonyl (C=O) groups is 1. The van der Waals surface area contributed by atoms with Crippen molar-refractivity contribution in [3.63, 3.8) is 0 Å². The van der Waals surface area contributed by atoms with Gasteiger partial charge in [0, 0.05) is 22.3 Å². The fraction of sp³-hybridized carbons (Fsp3) is 0.280. The molecule has 0 spiro atoms. The molecule has 0 saturated heterocycles. The van der Waals surface area contributed by atoms with Crippen LogP contribution in [0.3, 0.4) is 0 Å². The average molecular weight is 470 g/mol. The van der Waals surface area contributed by atoms with E-state index in [1.165, 1.54) is 31.0 Å². The van der Waals surface area contributed by atoms with Crippen LogP contribution in [0.5, 0.6) is 5.75 Å². The second-order valence-corrected chi connectivity index (χ2v) is 8.94. The molecule has 0 amide bonds. The van der Waals surface area contributed by atoms with Gasteiger partial charge in [0.25, 0.3) is 0 Å². The Hall–Kier alpha value is -3.26. The van der Waals surface area contributed by atoms with Crippen LogP contribution in [0, 0.1) is 11.7 Å². The van der Waals surface area contributed by atoms with Gasteiger partial charge in [-0.2, -0.15) is 0 Å². The molecule has 0 aliphatic heterocycles. The molecule has 1 aromatic heterocycles. The zero-order chi connectivity index (χ0) is 23.8. The first-order chi connectivity index (χ1) is 15.9. The maximum Gasteiger partial charge on any atom is 0.328 e. The van der Waals surface area contributed by atoms with Crippen LogP contribution in [0.1, 0.15) is 20.3 Å². The molecular weight excluding hydrogens is 441 g/mol. The number of halogens is 1. The van der Waals surface area contributed by atoms with E-state index in [-0.39, 0.29) is 17.7 Å². The topological polar surface area (TPSA) is 72.5 Å². The summed E-state index contributed by atoms with van der Waals surface area (Å²) in [7, 11) is 3.00. The second-order valence-electron chi connectivity index (χ2n) is 7.84. The van der Waals surface area contributed by atoms with E-state index in [1.807, 2.05) is 44.2 Å². The third kappa shape index (κ3) is 7.39. The van der Waals surface area contributed by atoms with Crippen LogP contribution in [0.2, 0.25) is 0 Å². The fourth-order valence-corrected chi connectivity index (χ4v) is 4.05. The lowest BCUT2D eigenvalue weighted by molar-refractivity contribution is -0.141. The smallest absolute Gasteiger partial charge is 0.328 e. The third-order valence-electron chi connectivity index (χ3n) is 4.71. The van der Waals surface area contributed by atoms with Crippen molar-refractivity contribution in [3.8, 4) is 5.75 Å². The summed E-state index contributed by atoms with van der Waals surface area (Å²) in [4.78, 5) is 18.0. The zero-order valence-corrected chi connectivity index (χ0v) is 19.9. The van der Waals surface area contributed by atoms with Gasteiger partial charge in [-0.25, -0.2) is 14.2 Å². The van der Waals surface area contributed by atoms with Crippen LogP contribution in [-0.2, 0) is 9.53 Å². The Morgan fingerprint density at radius 3 is 2.45 bits per heavy atom. The van der Waals surface area contributed by atoms with Crippen LogP contribution in [-0.4, -0.2) is 31.2 Å². The van der Waals surface area contributed by atoms with Crippen LogP contribution < -0.4 is 15.4 Å². The SMILES string of the molecule is COC(=O)C(CC(C)C)Nc1cc(Nc2cccc(F)c2)cc(Sc2ccc(OC)cc2)n1. The lowest BCUT2D eigenvalue weighted by Gasteiger charge is -2.20. The number of methoxy groups -OCH3 is 2. The minimum Gasteiger partial charge on any atom is -0.497 e. The van der Waals surface area contributed by atoms with Crippen molar-refractivity contribution in [1.82, 2.24) is 4.98 Å². The molecule has 2 N–H and O–H groups in total. The van der Waals surface area contributed by atoms with E-state index in [1.54, 1.807) is 25.3 Å². The highest BCUT2D eigenvalue weighted by Crippen LogP contribution is 2.32. The van der Waals surface area contributed by atoms with Gasteiger partial charge in [0.2, 0.25) is 0 Å². The Kier molecular flexibility index (Phi) is 8.54. The van der Waals surface area contributed by atoms with Crippen LogP contribution in [0.15, 0.2) is 70.6 Å². The summed E-state index contributed by atoms with van der Waals surface area (Å²) in [6.07, 6.45) is 0.594. The number of esters is 1. The standard InChI is InChI=1S/C25H28FN3O3S/c1-16(2)12-22(25(30)32-4)28-23-14-19(27-18-7-5-6-17(26)13-18)15-24(29-23)33-21-10-8-20(31-3)9-11-21/h5-11,13-16,22H,12H2,1-4H3,(H2,27,28,29). The van der Waals surface area contributed by atoms with Crippen molar-refractivity contribution in [3.05, 3.63) is 66.5 Å². The van der Waals surface area contributed by atoms with Crippen molar-refractivity contribution in [1.29, 1.82) is 0 Å². The van der Waals surface area contributed by atoms with Gasteiger partial charge in [0.05, 0.1) is 14.2 Å². The fourth-order valence-electron chi connectivity index (χ4n) is 3.21. The first-order valence-corrected chi connectivity index (χ1v) is 11.4. The quantitative estimate of drug-likeness (QED) is 0.346. The highest BCUT2D eigenvalue weighted by Gasteiger charge is 2.21. The minimum atomic E-state index is -0.536. The molecular formula is C25H28FN3O3S. The number of benzene rings is 2. The van der Waals surface area contributed by atoms with E-state index in [2.05, 4.69) is 10.6 Å². The largest absolute Gasteiger partial charge is 0.497 e. The molecule has 0 aliphatic rings. The van der Waals surface area contributed by atoms with Gasteiger partial charge >= 0.3 is 5.97 Å². The molecule has 174 valence electrons. The number of carbonyl (C=O) groups excluding carboxylic acids is 1. The number of ether oxygens (including phenoxy) is 2. The first-order valence-electron chi connectivity index (χ1n) is 10.6. The Labute approximate surface area is 197 Å².